The fourth-order valence-corrected chi connectivity index (χ4v) is 2.58. The van der Waals surface area contributed by atoms with E-state index < -0.39 is 0 Å². The zero-order valence-corrected chi connectivity index (χ0v) is 12.9. The molecule has 1 unspecified atom stereocenters. The summed E-state index contributed by atoms with van der Waals surface area (Å²) in [6.45, 7) is 2.25. The molecule has 0 amide bonds. The normalized spacial score (nSPS) is 19.7. The monoisotopic (exact) mass is 343 g/mol. The van der Waals surface area contributed by atoms with E-state index in [9.17, 15) is 0 Å². The topological polar surface area (TPSA) is 12.2 Å². The fraction of sp³-hybridized carbons (Fsp3) is 0.909. The van der Waals surface area contributed by atoms with Gasteiger partial charge in [0.05, 0.1) is 0 Å². The summed E-state index contributed by atoms with van der Waals surface area (Å²) in [5.74, 6) is 1.14. The average Bonchev–Trinajstić information content (AvgIpc) is 2.61. The molecule has 15 heavy (non-hydrogen) atoms. The Kier molecular flexibility index (Phi) is 8.99. The first-order chi connectivity index (χ1) is 6.74. The van der Waals surface area contributed by atoms with Gasteiger partial charge < -0.3 is 28.7 Å². The Morgan fingerprint density at radius 2 is 2.07 bits per heavy atom. The molecule has 4 heteroatoms. The lowest BCUT2D eigenvalue weighted by Crippen LogP contribution is -3.00. The number of rotatable bonds is 5. The number of nitrogens with zero attached hydrogens (tertiary/aromatic N) is 1. The third kappa shape index (κ3) is 6.00. The van der Waals surface area contributed by atoms with Gasteiger partial charge in [-0.05, 0) is 24.6 Å². The van der Waals surface area contributed by atoms with Gasteiger partial charge in [-0.3, -0.25) is 0 Å². The number of halogens is 1. The Morgan fingerprint density at radius 3 is 2.60 bits per heavy atom. The van der Waals surface area contributed by atoms with Gasteiger partial charge in [0.15, 0.2) is 0 Å². The van der Waals surface area contributed by atoms with Crippen LogP contribution in [0.15, 0.2) is 0 Å². The molecule has 2 nitrogen and oxygen atoms in total. The molecule has 0 bridgehead atoms. The molecule has 1 saturated heterocycles. The third-order valence-corrected chi connectivity index (χ3v) is 3.65. The largest absolute Gasteiger partial charge is 1.00 e. The van der Waals surface area contributed by atoms with Crippen molar-refractivity contribution in [3.63, 3.8) is 0 Å². The highest BCUT2D eigenvalue weighted by atomic mass is 127. The van der Waals surface area contributed by atoms with E-state index in [1.807, 2.05) is 25.9 Å². The molecule has 0 aromatic rings. The van der Waals surface area contributed by atoms with Crippen molar-refractivity contribution in [1.82, 2.24) is 0 Å². The molecule has 1 aliphatic rings. The molecular formula is C11H22INOS. The second-order valence-electron chi connectivity index (χ2n) is 4.06. The summed E-state index contributed by atoms with van der Waals surface area (Å²) in [6, 6.07) is 0. The van der Waals surface area contributed by atoms with Crippen molar-refractivity contribution in [2.45, 2.75) is 45.1 Å². The highest BCUT2D eigenvalue weighted by molar-refractivity contribution is 8.13. The predicted molar refractivity (Wildman–Crippen MR) is 63.2 cm³/mol. The predicted octanol–water partition coefficient (Wildman–Crippen LogP) is -0.279. The highest BCUT2D eigenvalue weighted by Gasteiger charge is 2.27. The molecule has 0 aliphatic carbocycles. The maximum Gasteiger partial charge on any atom is 0.400 e. The highest BCUT2D eigenvalue weighted by Crippen LogP contribution is 2.23. The van der Waals surface area contributed by atoms with Crippen LogP contribution in [0.4, 0.5) is 0 Å². The zero-order chi connectivity index (χ0) is 10.4. The van der Waals surface area contributed by atoms with Gasteiger partial charge in [-0.1, -0.05) is 26.2 Å². The first-order valence-corrected chi connectivity index (χ1v) is 6.56. The van der Waals surface area contributed by atoms with Crippen LogP contribution in [0.5, 0.6) is 0 Å². The van der Waals surface area contributed by atoms with E-state index in [4.69, 9.17) is 4.74 Å². The van der Waals surface area contributed by atoms with Crippen molar-refractivity contribution in [3.8, 4) is 0 Å². The summed E-state index contributed by atoms with van der Waals surface area (Å²) in [7, 11) is 4.09. The van der Waals surface area contributed by atoms with Crippen LogP contribution in [0, 0.1) is 0 Å². The molecule has 0 saturated carbocycles. The van der Waals surface area contributed by atoms with Crippen molar-refractivity contribution >= 4 is 17.0 Å². The van der Waals surface area contributed by atoms with E-state index in [0.29, 0.717) is 6.10 Å². The van der Waals surface area contributed by atoms with Crippen LogP contribution >= 0.6 is 11.8 Å². The van der Waals surface area contributed by atoms with Gasteiger partial charge >= 0.3 is 5.23 Å². The van der Waals surface area contributed by atoms with Gasteiger partial charge in [0.2, 0.25) is 0 Å². The number of unbranched alkanes of at least 4 members (excludes halogenated alkanes) is 3. The SMILES string of the molecule is CCCCCCC1CSC(=[N+](C)C)O1.[I-]. The number of ether oxygens (including phenoxy) is 1. The average molecular weight is 343 g/mol. The van der Waals surface area contributed by atoms with Crippen molar-refractivity contribution < 1.29 is 33.3 Å². The molecule has 0 spiro atoms. The Balaban J connectivity index is 0.00000196. The van der Waals surface area contributed by atoms with Gasteiger partial charge in [0.25, 0.3) is 0 Å². The lowest BCUT2D eigenvalue weighted by molar-refractivity contribution is -0.470. The molecule has 1 heterocycles. The molecule has 1 aliphatic heterocycles. The van der Waals surface area contributed by atoms with Crippen LogP contribution in [0.2, 0.25) is 0 Å². The maximum absolute atomic E-state index is 5.81. The van der Waals surface area contributed by atoms with Crippen LogP contribution in [0.25, 0.3) is 0 Å². The number of hydrogen-bond donors (Lipinski definition) is 0. The van der Waals surface area contributed by atoms with Crippen molar-refractivity contribution in [2.75, 3.05) is 19.8 Å². The Labute approximate surface area is 115 Å². The lowest BCUT2D eigenvalue weighted by atomic mass is 10.1. The Hall–Kier alpha value is 0.550. The van der Waals surface area contributed by atoms with Crippen molar-refractivity contribution in [1.29, 1.82) is 0 Å². The van der Waals surface area contributed by atoms with Crippen LogP contribution in [-0.2, 0) is 4.74 Å². The molecule has 1 rings (SSSR count). The minimum atomic E-state index is 0. The molecular weight excluding hydrogens is 321 g/mol. The van der Waals surface area contributed by atoms with Crippen molar-refractivity contribution in [3.05, 3.63) is 0 Å². The second-order valence-corrected chi connectivity index (χ2v) is 5.03. The quantitative estimate of drug-likeness (QED) is 0.387. The van der Waals surface area contributed by atoms with E-state index >= 15 is 0 Å². The van der Waals surface area contributed by atoms with Crippen LogP contribution in [0.1, 0.15) is 39.0 Å². The van der Waals surface area contributed by atoms with Crippen LogP contribution < -0.4 is 24.0 Å². The molecule has 0 radical (unpaired) electrons. The summed E-state index contributed by atoms with van der Waals surface area (Å²) in [5, 5.41) is 1.09. The molecule has 1 atom stereocenters. The second kappa shape index (κ2) is 8.67. The Bertz CT molecular complexity index is 205. The van der Waals surface area contributed by atoms with E-state index in [1.165, 1.54) is 32.1 Å². The summed E-state index contributed by atoms with van der Waals surface area (Å²) >= 11 is 1.84. The summed E-state index contributed by atoms with van der Waals surface area (Å²) in [5.41, 5.74) is 0. The maximum atomic E-state index is 5.81. The van der Waals surface area contributed by atoms with Crippen molar-refractivity contribution in [2.24, 2.45) is 0 Å². The van der Waals surface area contributed by atoms with Crippen LogP contribution in [0.3, 0.4) is 0 Å². The summed E-state index contributed by atoms with van der Waals surface area (Å²) < 4.78 is 7.87. The standard InChI is InChI=1S/C11H22NOS.HI/c1-4-5-6-7-8-10-9-14-11(13-10)12(2)3;/h10H,4-9H2,1-3H3;1H/q+1;/p-1. The smallest absolute Gasteiger partial charge is 0.400 e. The minimum absolute atomic E-state index is 0. The zero-order valence-electron chi connectivity index (χ0n) is 9.96. The summed E-state index contributed by atoms with van der Waals surface area (Å²) in [6.07, 6.45) is 7.05. The minimum Gasteiger partial charge on any atom is -1.00 e. The first-order valence-electron chi connectivity index (χ1n) is 5.57. The van der Waals surface area contributed by atoms with Gasteiger partial charge in [-0.15, -0.1) is 0 Å². The van der Waals surface area contributed by atoms with E-state index in [-0.39, 0.29) is 24.0 Å². The Morgan fingerprint density at radius 1 is 1.33 bits per heavy atom. The van der Waals surface area contributed by atoms with Gasteiger partial charge in [-0.25, -0.2) is 0 Å². The third-order valence-electron chi connectivity index (χ3n) is 2.40. The van der Waals surface area contributed by atoms with Gasteiger partial charge in [0.1, 0.15) is 20.2 Å². The molecule has 1 fully saturated rings. The molecule has 0 aromatic heterocycles. The molecule has 0 aromatic carbocycles. The number of thioether (sulfide) groups is 1. The van der Waals surface area contributed by atoms with Crippen LogP contribution in [-0.4, -0.2) is 35.8 Å². The number of hydrogen-bond acceptors (Lipinski definition) is 2. The van der Waals surface area contributed by atoms with Gasteiger partial charge in [-0.2, -0.15) is 4.58 Å². The summed E-state index contributed by atoms with van der Waals surface area (Å²) in [4.78, 5) is 0. The fourth-order valence-electron chi connectivity index (χ4n) is 1.55. The molecule has 90 valence electrons. The van der Waals surface area contributed by atoms with Gasteiger partial charge in [0, 0.05) is 5.75 Å². The van der Waals surface area contributed by atoms with E-state index in [2.05, 4.69) is 11.5 Å². The van der Waals surface area contributed by atoms with E-state index in [1.54, 1.807) is 0 Å². The molecule has 0 N–H and O–H groups in total. The lowest BCUT2D eigenvalue weighted by Gasteiger charge is -2.06. The van der Waals surface area contributed by atoms with E-state index in [0.717, 1.165) is 11.0 Å². The first kappa shape index (κ1) is 15.6.